The summed E-state index contributed by atoms with van der Waals surface area (Å²) in [6, 6.07) is 4.39. The number of nitrogens with zero attached hydrogens (tertiary/aromatic N) is 5. The van der Waals surface area contributed by atoms with Crippen LogP contribution in [0.3, 0.4) is 0 Å². The largest absolute Gasteiger partial charge is 0.361 e. The number of aryl methyl sites for hydroxylation is 1. The molecule has 0 saturated heterocycles. The standard InChI is InChI=1S/C19H14Cl3FN6O2/c1-10-12(7-28-6-11(20)5-24-28)17(27-31-10)19(30)25-18-15(22)9-29(26-18)8-13-14(21)3-2-4-16(13)23/h2-6,9H,7-8H2,1H3,(H,25,26,30). The number of nitrogens with one attached hydrogen (secondary N) is 1. The summed E-state index contributed by atoms with van der Waals surface area (Å²) >= 11 is 18.2. The lowest BCUT2D eigenvalue weighted by atomic mass is 10.2. The fourth-order valence-corrected chi connectivity index (χ4v) is 3.49. The van der Waals surface area contributed by atoms with Crippen LogP contribution >= 0.6 is 34.8 Å². The summed E-state index contributed by atoms with van der Waals surface area (Å²) in [5, 5.41) is 15.6. The van der Waals surface area contributed by atoms with E-state index in [1.165, 1.54) is 29.2 Å². The SMILES string of the molecule is Cc1onc(C(=O)Nc2nn(Cc3c(F)cccc3Cl)cc2Cl)c1Cn1cc(Cl)cn1. The van der Waals surface area contributed by atoms with Gasteiger partial charge in [0.1, 0.15) is 16.6 Å². The van der Waals surface area contributed by atoms with Crippen LogP contribution < -0.4 is 5.32 Å². The van der Waals surface area contributed by atoms with Gasteiger partial charge >= 0.3 is 0 Å². The summed E-state index contributed by atoms with van der Waals surface area (Å²) in [7, 11) is 0. The third-order valence-corrected chi connectivity index (χ3v) is 5.28. The van der Waals surface area contributed by atoms with Crippen molar-refractivity contribution in [1.29, 1.82) is 0 Å². The molecule has 12 heteroatoms. The van der Waals surface area contributed by atoms with Gasteiger partial charge < -0.3 is 9.84 Å². The molecule has 0 spiro atoms. The van der Waals surface area contributed by atoms with Crippen molar-refractivity contribution in [2.24, 2.45) is 0 Å². The predicted octanol–water partition coefficient (Wildman–Crippen LogP) is 4.82. The van der Waals surface area contributed by atoms with Crippen LogP contribution in [0.5, 0.6) is 0 Å². The molecular formula is C19H14Cl3FN6O2. The second-order valence-corrected chi connectivity index (χ2v) is 7.85. The molecule has 0 aliphatic heterocycles. The molecular weight excluding hydrogens is 470 g/mol. The van der Waals surface area contributed by atoms with Crippen LogP contribution in [0, 0.1) is 12.7 Å². The Hall–Kier alpha value is -2.88. The maximum Gasteiger partial charge on any atom is 0.279 e. The summed E-state index contributed by atoms with van der Waals surface area (Å²) < 4.78 is 22.1. The summed E-state index contributed by atoms with van der Waals surface area (Å²) in [6.07, 6.45) is 4.56. The maximum absolute atomic E-state index is 14.0. The zero-order valence-corrected chi connectivity index (χ0v) is 18.2. The van der Waals surface area contributed by atoms with Gasteiger partial charge in [-0.15, -0.1) is 0 Å². The Morgan fingerprint density at radius 3 is 2.61 bits per heavy atom. The molecule has 0 aliphatic rings. The predicted molar refractivity (Wildman–Crippen MR) is 113 cm³/mol. The number of halogens is 4. The number of benzene rings is 1. The fraction of sp³-hybridized carbons (Fsp3) is 0.158. The molecule has 31 heavy (non-hydrogen) atoms. The minimum atomic E-state index is -0.568. The lowest BCUT2D eigenvalue weighted by molar-refractivity contribution is 0.101. The first-order chi connectivity index (χ1) is 14.8. The lowest BCUT2D eigenvalue weighted by Gasteiger charge is -2.06. The number of anilines is 1. The Balaban J connectivity index is 1.53. The minimum Gasteiger partial charge on any atom is -0.361 e. The monoisotopic (exact) mass is 482 g/mol. The van der Waals surface area contributed by atoms with Crippen molar-refractivity contribution in [2.75, 3.05) is 5.32 Å². The van der Waals surface area contributed by atoms with E-state index in [1.54, 1.807) is 23.9 Å². The van der Waals surface area contributed by atoms with Crippen LogP contribution in [0.1, 0.15) is 27.4 Å². The van der Waals surface area contributed by atoms with Crippen LogP contribution in [0.4, 0.5) is 10.2 Å². The van der Waals surface area contributed by atoms with E-state index in [0.717, 1.165) is 0 Å². The van der Waals surface area contributed by atoms with Crippen molar-refractivity contribution in [2.45, 2.75) is 20.0 Å². The molecule has 0 aliphatic carbocycles. The molecule has 1 aromatic carbocycles. The first kappa shape index (κ1) is 21.4. The Kier molecular flexibility index (Phi) is 5.99. The van der Waals surface area contributed by atoms with E-state index in [0.29, 0.717) is 16.3 Å². The average molecular weight is 484 g/mol. The number of carbonyl (C=O) groups excluding carboxylic acids is 1. The third kappa shape index (κ3) is 4.58. The molecule has 0 atom stereocenters. The molecule has 160 valence electrons. The van der Waals surface area contributed by atoms with Gasteiger partial charge in [0.25, 0.3) is 5.91 Å². The highest BCUT2D eigenvalue weighted by Gasteiger charge is 2.22. The van der Waals surface area contributed by atoms with Gasteiger partial charge in [-0.2, -0.15) is 10.2 Å². The number of rotatable bonds is 6. The van der Waals surface area contributed by atoms with Crippen molar-refractivity contribution in [3.05, 3.63) is 80.3 Å². The molecule has 0 bridgehead atoms. The molecule has 8 nitrogen and oxygen atoms in total. The topological polar surface area (TPSA) is 90.8 Å². The van der Waals surface area contributed by atoms with Crippen LogP contribution in [0.25, 0.3) is 0 Å². The normalized spacial score (nSPS) is 11.1. The first-order valence-corrected chi connectivity index (χ1v) is 10.1. The molecule has 0 radical (unpaired) electrons. The quantitative estimate of drug-likeness (QED) is 0.424. The summed E-state index contributed by atoms with van der Waals surface area (Å²) in [5.41, 5.74) is 0.853. The zero-order valence-electron chi connectivity index (χ0n) is 15.9. The lowest BCUT2D eigenvalue weighted by Crippen LogP contribution is -2.17. The van der Waals surface area contributed by atoms with E-state index in [2.05, 4.69) is 20.7 Å². The van der Waals surface area contributed by atoms with Crippen LogP contribution in [0.2, 0.25) is 15.1 Å². The van der Waals surface area contributed by atoms with E-state index < -0.39 is 11.7 Å². The van der Waals surface area contributed by atoms with Gasteiger partial charge in [0.15, 0.2) is 11.5 Å². The third-order valence-electron chi connectivity index (χ3n) is 4.45. The Labute approximate surface area is 190 Å². The van der Waals surface area contributed by atoms with Gasteiger partial charge in [-0.05, 0) is 19.1 Å². The van der Waals surface area contributed by atoms with E-state index in [9.17, 15) is 9.18 Å². The number of carbonyl (C=O) groups is 1. The molecule has 3 aromatic heterocycles. The molecule has 0 fully saturated rings. The van der Waals surface area contributed by atoms with E-state index >= 15 is 0 Å². The van der Waals surface area contributed by atoms with E-state index in [-0.39, 0.29) is 40.2 Å². The summed E-state index contributed by atoms with van der Waals surface area (Å²) in [6.45, 7) is 1.96. The second-order valence-electron chi connectivity index (χ2n) is 6.60. The molecule has 0 saturated carbocycles. The average Bonchev–Trinajstić information content (AvgIpc) is 3.39. The highest BCUT2D eigenvalue weighted by Crippen LogP contribution is 2.25. The Morgan fingerprint density at radius 2 is 1.90 bits per heavy atom. The van der Waals surface area contributed by atoms with Gasteiger partial charge in [-0.25, -0.2) is 4.39 Å². The van der Waals surface area contributed by atoms with E-state index in [1.807, 2.05) is 0 Å². The molecule has 4 rings (SSSR count). The number of hydrogen-bond acceptors (Lipinski definition) is 5. The molecule has 1 N–H and O–H groups in total. The van der Waals surface area contributed by atoms with Crippen LogP contribution in [-0.4, -0.2) is 30.6 Å². The van der Waals surface area contributed by atoms with Crippen molar-refractivity contribution in [3.8, 4) is 0 Å². The van der Waals surface area contributed by atoms with E-state index in [4.69, 9.17) is 39.3 Å². The molecule has 3 heterocycles. The maximum atomic E-state index is 14.0. The van der Waals surface area contributed by atoms with Gasteiger partial charge in [-0.3, -0.25) is 14.2 Å². The van der Waals surface area contributed by atoms with Crippen molar-refractivity contribution in [1.82, 2.24) is 24.7 Å². The van der Waals surface area contributed by atoms with Crippen molar-refractivity contribution < 1.29 is 13.7 Å². The second kappa shape index (κ2) is 8.70. The van der Waals surface area contributed by atoms with Crippen molar-refractivity contribution >= 4 is 46.5 Å². The first-order valence-electron chi connectivity index (χ1n) is 8.92. The highest BCUT2D eigenvalue weighted by molar-refractivity contribution is 6.33. The Bertz CT molecular complexity index is 1250. The van der Waals surface area contributed by atoms with Gasteiger partial charge in [-0.1, -0.05) is 46.0 Å². The van der Waals surface area contributed by atoms with Crippen molar-refractivity contribution in [3.63, 3.8) is 0 Å². The number of hydrogen-bond donors (Lipinski definition) is 1. The number of aromatic nitrogens is 5. The smallest absolute Gasteiger partial charge is 0.279 e. The van der Waals surface area contributed by atoms with Gasteiger partial charge in [0, 0.05) is 28.5 Å². The zero-order chi connectivity index (χ0) is 22.1. The van der Waals surface area contributed by atoms with Gasteiger partial charge in [0.2, 0.25) is 0 Å². The van der Waals surface area contributed by atoms with Crippen LogP contribution in [-0.2, 0) is 13.1 Å². The molecule has 1 amide bonds. The highest BCUT2D eigenvalue weighted by atomic mass is 35.5. The fourth-order valence-electron chi connectivity index (χ4n) is 2.92. The summed E-state index contributed by atoms with van der Waals surface area (Å²) in [5.74, 6) is -0.484. The summed E-state index contributed by atoms with van der Waals surface area (Å²) in [4.78, 5) is 12.8. The molecule has 0 unspecified atom stereocenters. The Morgan fingerprint density at radius 1 is 1.13 bits per heavy atom. The molecule has 4 aromatic rings. The number of amides is 1. The van der Waals surface area contributed by atoms with Crippen LogP contribution in [0.15, 0.2) is 41.3 Å². The minimum absolute atomic E-state index is 0.0372. The van der Waals surface area contributed by atoms with Gasteiger partial charge in [0.05, 0.1) is 24.3 Å².